The molecule has 0 radical (unpaired) electrons. The van der Waals surface area contributed by atoms with Crippen LogP contribution in [0.3, 0.4) is 0 Å². The predicted molar refractivity (Wildman–Crippen MR) is 371 cm³/mol. The first-order chi connectivity index (χ1) is 47.4. The van der Waals surface area contributed by atoms with Crippen LogP contribution in [0.2, 0.25) is 20.1 Å². The number of benzene rings is 4. The van der Waals surface area contributed by atoms with Crippen LogP contribution < -0.4 is 51.2 Å². The third-order valence-corrected chi connectivity index (χ3v) is 20.6. The van der Waals surface area contributed by atoms with Crippen molar-refractivity contribution >= 4 is 85.4 Å². The van der Waals surface area contributed by atoms with E-state index < -0.39 is 21.3 Å². The molecule has 34 heteroatoms. The number of sulfonamides is 1. The minimum Gasteiger partial charge on any atom is -0.484 e. The number of aromatic nitrogens is 6. The third-order valence-electron chi connectivity index (χ3n) is 17.3. The molecule has 4 aromatic carbocycles. The Labute approximate surface area is 593 Å². The van der Waals surface area contributed by atoms with Gasteiger partial charge in [-0.3, -0.25) is 18.7 Å². The van der Waals surface area contributed by atoms with E-state index in [0.29, 0.717) is 114 Å². The zero-order valence-electron chi connectivity index (χ0n) is 54.3. The van der Waals surface area contributed by atoms with Crippen molar-refractivity contribution in [1.29, 1.82) is 0 Å². The van der Waals surface area contributed by atoms with Crippen molar-refractivity contribution in [2.75, 3.05) is 110 Å². The summed E-state index contributed by atoms with van der Waals surface area (Å²) in [6.07, 6.45) is 9.37. The van der Waals surface area contributed by atoms with E-state index in [2.05, 4.69) is 56.4 Å². The van der Waals surface area contributed by atoms with E-state index in [1.54, 1.807) is 70.3 Å². The fourth-order valence-corrected chi connectivity index (χ4v) is 15.2. The average Bonchev–Trinajstić information content (AvgIpc) is 1.62. The van der Waals surface area contributed by atoms with E-state index in [1.807, 2.05) is 12.1 Å². The third kappa shape index (κ3) is 21.7. The molecule has 0 spiro atoms. The normalized spacial score (nSPS) is 19.8. The lowest BCUT2D eigenvalue weighted by molar-refractivity contribution is 0.0459. The second-order valence-corrected chi connectivity index (χ2v) is 28.7. The van der Waals surface area contributed by atoms with Crippen LogP contribution in [0.5, 0.6) is 11.5 Å². The van der Waals surface area contributed by atoms with Gasteiger partial charge >= 0.3 is 12.1 Å². The van der Waals surface area contributed by atoms with E-state index in [0.717, 1.165) is 80.5 Å². The lowest BCUT2D eigenvalue weighted by atomic mass is 10.0. The Morgan fingerprint density at radius 2 is 1.07 bits per heavy atom. The molecule has 2 aliphatic carbocycles. The first-order valence-electron chi connectivity index (χ1n) is 32.9. The number of halogens is 4. The Bertz CT molecular complexity index is 3700. The predicted octanol–water partition coefficient (Wildman–Crippen LogP) is 6.19. The van der Waals surface area contributed by atoms with Gasteiger partial charge in [-0.25, -0.2) is 36.3 Å². The van der Waals surface area contributed by atoms with Crippen molar-refractivity contribution in [3.8, 4) is 11.5 Å². The van der Waals surface area contributed by atoms with Gasteiger partial charge in [0.15, 0.2) is 0 Å². The fraction of sp³-hybridized carbons (Fsp3) is 0.531. The Morgan fingerprint density at radius 3 is 1.54 bits per heavy atom. The molecule has 1 unspecified atom stereocenters. The van der Waals surface area contributed by atoms with Gasteiger partial charge in [0.2, 0.25) is 10.0 Å². The van der Waals surface area contributed by atoms with E-state index >= 15 is 0 Å². The van der Waals surface area contributed by atoms with Crippen molar-refractivity contribution in [1.82, 2.24) is 65.8 Å². The number of nitrogens with zero attached hydrogens (tertiary/aromatic N) is 9. The smallest absolute Gasteiger partial charge is 0.315 e. The standard InChI is InChI=1S/C64H86Cl4N16O12S2/c65-43-31-55-53(57(67)33-43)35-59(80-18-3-5-45(69)39-80)61(55)95-50-9-7-49(8-10-50)84(97(87)88)22-26-94-30-29-93-25-21-83-42-48(77-79-83)38-74-64(86)72-16-2-1-15-71-63(85)73-37-47-41-82(78-76-47)20-24-92-28-27-91-23-17-75-98(89,90)52-13-11-51(12-14-52)96-62-56-32-44(66)34-58(68)54(56)36-60(62)81-19-4-6-46(70)40-81/h7-14,31-34,41-42,45-46,59-62,75H,1-6,15-30,35-40,69-70H2,(H,87,88)(H2,71,73,85)(H2,72,74,86)/t45-,46-,59+,60+,61+,62+/m1/s1. The number of unbranched alkanes of at least 4 members (excludes halogenated alkanes) is 1. The molecular formula is C64H86Cl4N16O12S2. The molecule has 2 fully saturated rings. The van der Waals surface area contributed by atoms with Crippen molar-refractivity contribution in [3.63, 3.8) is 0 Å². The largest absolute Gasteiger partial charge is 0.484 e. The molecule has 534 valence electrons. The number of rotatable bonds is 37. The van der Waals surface area contributed by atoms with Crippen molar-refractivity contribution < 1.29 is 55.2 Å². The highest BCUT2D eigenvalue weighted by Gasteiger charge is 2.42. The molecule has 4 heterocycles. The molecule has 7 atom stereocenters. The lowest BCUT2D eigenvalue weighted by Gasteiger charge is -2.38. The number of hydrogen-bond acceptors (Lipinski definition) is 19. The van der Waals surface area contributed by atoms with Crippen molar-refractivity contribution in [2.45, 2.75) is 119 Å². The summed E-state index contributed by atoms with van der Waals surface area (Å²) in [4.78, 5) is 29.7. The summed E-state index contributed by atoms with van der Waals surface area (Å²) in [5.74, 6) is 1.12. The number of amides is 4. The SMILES string of the molecule is N[C@@H]1CCCN([C@H]2Cc3c(Cl)cc(Cl)cc3[C@@H]2Oc2ccc(N(CCOCCOCCn3cc(CNC(=O)NCCCCNC(=O)NCc4cn(CCOCCOCCNS(=O)(=O)c5ccc(O[C@H]6c7cc(Cl)cc(Cl)c7C[C@@H]6N6CCC[C@@H](N)C6)cc5)nn4)nn3)S(=O)O)cc2)C1. The molecule has 2 saturated heterocycles. The molecule has 0 bridgehead atoms. The summed E-state index contributed by atoms with van der Waals surface area (Å²) >= 11 is 23.9. The fourth-order valence-electron chi connectivity index (χ4n) is 12.4. The minimum absolute atomic E-state index is 0.00366. The molecule has 28 nitrogen and oxygen atoms in total. The quantitative estimate of drug-likeness (QED) is 0.0159. The monoisotopic (exact) mass is 1470 g/mol. The van der Waals surface area contributed by atoms with Gasteiger partial charge in [0.25, 0.3) is 11.3 Å². The molecule has 10 rings (SSSR count). The topological polar surface area (TPSA) is 344 Å². The molecular weight excluding hydrogens is 1390 g/mol. The molecule has 2 aromatic heterocycles. The van der Waals surface area contributed by atoms with Crippen LogP contribution in [0, 0.1) is 0 Å². The summed E-state index contributed by atoms with van der Waals surface area (Å²) in [6.45, 7) is 7.58. The minimum atomic E-state index is -3.82. The van der Waals surface area contributed by atoms with Crippen LogP contribution in [0.25, 0.3) is 0 Å². The zero-order chi connectivity index (χ0) is 69.0. The highest BCUT2D eigenvalue weighted by atomic mass is 35.5. The van der Waals surface area contributed by atoms with Crippen LogP contribution in [-0.4, -0.2) is 198 Å². The maximum atomic E-state index is 13.1. The number of hydrogen-bond donors (Lipinski definition) is 8. The number of ether oxygens (including phenoxy) is 6. The van der Waals surface area contributed by atoms with Crippen LogP contribution in [-0.2, 0) is 79.3 Å². The Hall–Kier alpha value is -6.04. The van der Waals surface area contributed by atoms with E-state index in [-0.39, 0.29) is 113 Å². The van der Waals surface area contributed by atoms with Gasteiger partial charge in [-0.2, -0.15) is 0 Å². The number of urea groups is 2. The Kier molecular flexibility index (Phi) is 28.2. The summed E-state index contributed by atoms with van der Waals surface area (Å²) in [5, 5.41) is 29.8. The number of nitrogens with one attached hydrogen (secondary N) is 5. The van der Waals surface area contributed by atoms with Gasteiger partial charge < -0.3 is 61.2 Å². The Morgan fingerprint density at radius 1 is 0.612 bits per heavy atom. The second kappa shape index (κ2) is 37.0. The number of piperidine rings is 2. The van der Waals surface area contributed by atoms with E-state index in [1.165, 1.54) is 16.4 Å². The highest BCUT2D eigenvalue weighted by Crippen LogP contribution is 2.45. The first kappa shape index (κ1) is 74.6. The molecule has 98 heavy (non-hydrogen) atoms. The summed E-state index contributed by atoms with van der Waals surface area (Å²) in [7, 11) is -3.82. The summed E-state index contributed by atoms with van der Waals surface area (Å²) < 4.78 is 91.7. The van der Waals surface area contributed by atoms with Gasteiger partial charge in [-0.05, 0) is 148 Å². The van der Waals surface area contributed by atoms with Gasteiger partial charge in [0, 0.05) is 76.0 Å². The van der Waals surface area contributed by atoms with E-state index in [9.17, 15) is 26.8 Å². The molecule has 6 aromatic rings. The number of fused-ring (bicyclic) bond motifs is 2. The van der Waals surface area contributed by atoms with E-state index in [4.69, 9.17) is 86.3 Å². The maximum absolute atomic E-state index is 13.1. The Balaban J connectivity index is 0.508. The zero-order valence-corrected chi connectivity index (χ0v) is 58.9. The van der Waals surface area contributed by atoms with Crippen LogP contribution in [0.15, 0.2) is 90.1 Å². The van der Waals surface area contributed by atoms with Gasteiger partial charge in [-0.1, -0.05) is 56.8 Å². The lowest BCUT2D eigenvalue weighted by Crippen LogP contribution is -2.49. The number of anilines is 1. The number of carbonyl (C=O) groups excluding carboxylic acids is 2. The second-order valence-electron chi connectivity index (χ2n) is 24.3. The van der Waals surface area contributed by atoms with Gasteiger partial charge in [0.05, 0.1) is 121 Å². The highest BCUT2D eigenvalue weighted by molar-refractivity contribution is 7.89. The average molecular weight is 1480 g/mol. The number of carbonyl (C=O) groups is 2. The van der Waals surface area contributed by atoms with Crippen LogP contribution in [0.1, 0.15) is 84.4 Å². The molecule has 2 aliphatic heterocycles. The summed E-state index contributed by atoms with van der Waals surface area (Å²) in [5.41, 5.74) is 18.3. The van der Waals surface area contributed by atoms with Crippen molar-refractivity contribution in [3.05, 3.63) is 139 Å². The number of nitrogens with two attached hydrogens (primary N) is 2. The van der Waals surface area contributed by atoms with Crippen molar-refractivity contribution in [2.24, 2.45) is 11.5 Å². The van der Waals surface area contributed by atoms with Gasteiger partial charge in [0.1, 0.15) is 35.1 Å². The summed E-state index contributed by atoms with van der Waals surface area (Å²) in [6, 6.07) is 20.2. The molecule has 10 N–H and O–H groups in total. The van der Waals surface area contributed by atoms with Crippen LogP contribution in [0.4, 0.5) is 15.3 Å². The van der Waals surface area contributed by atoms with Gasteiger partial charge in [-0.15, -0.1) is 10.2 Å². The van der Waals surface area contributed by atoms with Crippen LogP contribution >= 0.6 is 46.4 Å². The molecule has 4 aliphatic rings. The molecule has 4 amide bonds. The molecule has 0 saturated carbocycles. The maximum Gasteiger partial charge on any atom is 0.315 e. The number of likely N-dealkylation sites (tertiary alicyclic amines) is 2. The first-order valence-corrected chi connectivity index (χ1v) is 37.0.